The minimum atomic E-state index is 0.341. The van der Waals surface area contributed by atoms with Crippen LogP contribution in [0.1, 0.15) is 17.2 Å². The molecule has 0 amide bonds. The Labute approximate surface area is 105 Å². The Hall–Kier alpha value is -1.26. The van der Waals surface area contributed by atoms with Gasteiger partial charge >= 0.3 is 0 Å². The number of thioether (sulfide) groups is 1. The minimum absolute atomic E-state index is 0.341. The first-order valence-corrected chi connectivity index (χ1v) is 6.58. The smallest absolute Gasteiger partial charge is 0.255 e. The number of oxazole rings is 1. The number of aryl methyl sites for hydroxylation is 1. The average molecular weight is 248 g/mol. The fraction of sp³-hybridized carbons (Fsp3) is 0.308. The molecule has 17 heavy (non-hydrogen) atoms. The molecule has 1 unspecified atom stereocenters. The zero-order valence-corrected chi connectivity index (χ0v) is 10.6. The summed E-state index contributed by atoms with van der Waals surface area (Å²) in [6.45, 7) is 2.56. The van der Waals surface area contributed by atoms with Crippen molar-refractivity contribution in [2.45, 2.75) is 18.1 Å². The van der Waals surface area contributed by atoms with Gasteiger partial charge in [-0.3, -0.25) is 0 Å². The molecule has 1 aromatic carbocycles. The van der Waals surface area contributed by atoms with E-state index in [0.29, 0.717) is 12.5 Å². The maximum atomic E-state index is 5.81. The van der Waals surface area contributed by atoms with Crippen molar-refractivity contribution in [3.05, 3.63) is 47.9 Å². The van der Waals surface area contributed by atoms with Crippen LogP contribution in [-0.2, 0) is 0 Å². The van der Waals surface area contributed by atoms with E-state index in [-0.39, 0.29) is 0 Å². The molecule has 0 spiro atoms. The molecule has 0 saturated heterocycles. The molecule has 0 fully saturated rings. The van der Waals surface area contributed by atoms with Gasteiger partial charge in [0.2, 0.25) is 0 Å². The summed E-state index contributed by atoms with van der Waals surface area (Å²) < 4.78 is 5.31. The van der Waals surface area contributed by atoms with Gasteiger partial charge < -0.3 is 10.2 Å². The van der Waals surface area contributed by atoms with E-state index in [1.165, 1.54) is 5.56 Å². The van der Waals surface area contributed by atoms with Crippen molar-refractivity contribution in [1.82, 2.24) is 4.98 Å². The molecule has 2 N–H and O–H groups in total. The number of nitrogens with zero attached hydrogens (tertiary/aromatic N) is 1. The summed E-state index contributed by atoms with van der Waals surface area (Å²) in [6, 6.07) is 10.3. The quantitative estimate of drug-likeness (QED) is 0.827. The van der Waals surface area contributed by atoms with Crippen molar-refractivity contribution in [3.63, 3.8) is 0 Å². The third kappa shape index (κ3) is 3.35. The van der Waals surface area contributed by atoms with Crippen LogP contribution in [0.25, 0.3) is 0 Å². The van der Waals surface area contributed by atoms with E-state index in [9.17, 15) is 0 Å². The van der Waals surface area contributed by atoms with Crippen LogP contribution in [0.5, 0.6) is 0 Å². The van der Waals surface area contributed by atoms with Crippen LogP contribution in [-0.4, -0.2) is 17.3 Å². The molecule has 0 aliphatic rings. The molecule has 1 heterocycles. The number of aromatic nitrogens is 1. The Kier molecular flexibility index (Phi) is 4.23. The standard InChI is InChI=1S/C13H16N2OS/c1-10-8-16-13(15-10)17-9-12(7-14)11-5-3-2-4-6-11/h2-6,8,12H,7,9,14H2,1H3. The molecule has 0 bridgehead atoms. The monoisotopic (exact) mass is 248 g/mol. The Morgan fingerprint density at radius 2 is 2.12 bits per heavy atom. The lowest BCUT2D eigenvalue weighted by atomic mass is 10.0. The predicted molar refractivity (Wildman–Crippen MR) is 70.2 cm³/mol. The van der Waals surface area contributed by atoms with Crippen LogP contribution < -0.4 is 5.73 Å². The number of hydrogen-bond donors (Lipinski definition) is 1. The normalized spacial score (nSPS) is 12.6. The average Bonchev–Trinajstić information content (AvgIpc) is 2.77. The van der Waals surface area contributed by atoms with Crippen molar-refractivity contribution in [2.24, 2.45) is 5.73 Å². The largest absolute Gasteiger partial charge is 0.440 e. The predicted octanol–water partition coefficient (Wildman–Crippen LogP) is 2.82. The highest BCUT2D eigenvalue weighted by Crippen LogP contribution is 2.25. The fourth-order valence-electron chi connectivity index (χ4n) is 1.60. The van der Waals surface area contributed by atoms with Crippen molar-refractivity contribution in [2.75, 3.05) is 12.3 Å². The zero-order chi connectivity index (χ0) is 12.1. The van der Waals surface area contributed by atoms with Crippen LogP contribution >= 0.6 is 11.8 Å². The number of benzene rings is 1. The van der Waals surface area contributed by atoms with Gasteiger partial charge in [0.25, 0.3) is 5.22 Å². The summed E-state index contributed by atoms with van der Waals surface area (Å²) >= 11 is 1.61. The second kappa shape index (κ2) is 5.89. The van der Waals surface area contributed by atoms with Crippen molar-refractivity contribution in [3.8, 4) is 0 Å². The van der Waals surface area contributed by atoms with E-state index >= 15 is 0 Å². The molecule has 1 aromatic heterocycles. The number of rotatable bonds is 5. The van der Waals surface area contributed by atoms with E-state index in [0.717, 1.165) is 16.7 Å². The van der Waals surface area contributed by atoms with E-state index in [1.807, 2.05) is 25.1 Å². The first-order chi connectivity index (χ1) is 8.29. The van der Waals surface area contributed by atoms with Gasteiger partial charge in [0.05, 0.1) is 5.69 Å². The van der Waals surface area contributed by atoms with Gasteiger partial charge in [0, 0.05) is 11.7 Å². The van der Waals surface area contributed by atoms with Gasteiger partial charge in [-0.05, 0) is 19.0 Å². The molecule has 1 atom stereocenters. The second-order valence-corrected chi connectivity index (χ2v) is 4.88. The summed E-state index contributed by atoms with van der Waals surface area (Å²) in [4.78, 5) is 4.27. The van der Waals surface area contributed by atoms with Gasteiger partial charge in [-0.15, -0.1) is 0 Å². The van der Waals surface area contributed by atoms with Crippen molar-refractivity contribution in [1.29, 1.82) is 0 Å². The Morgan fingerprint density at radius 3 is 2.71 bits per heavy atom. The molecular weight excluding hydrogens is 232 g/mol. The Bertz CT molecular complexity index is 455. The van der Waals surface area contributed by atoms with Crippen molar-refractivity contribution >= 4 is 11.8 Å². The van der Waals surface area contributed by atoms with Gasteiger partial charge in [-0.2, -0.15) is 0 Å². The third-order valence-electron chi connectivity index (χ3n) is 2.56. The maximum absolute atomic E-state index is 5.81. The molecule has 90 valence electrons. The highest BCUT2D eigenvalue weighted by Gasteiger charge is 2.11. The first-order valence-electron chi connectivity index (χ1n) is 5.59. The summed E-state index contributed by atoms with van der Waals surface area (Å²) in [6.07, 6.45) is 1.67. The van der Waals surface area contributed by atoms with E-state index in [4.69, 9.17) is 10.2 Å². The molecular formula is C13H16N2OS. The summed E-state index contributed by atoms with van der Waals surface area (Å²) in [5, 5.41) is 0.719. The van der Waals surface area contributed by atoms with Gasteiger partial charge in [0.1, 0.15) is 6.26 Å². The van der Waals surface area contributed by atoms with E-state index < -0.39 is 0 Å². The van der Waals surface area contributed by atoms with E-state index in [1.54, 1.807) is 18.0 Å². The van der Waals surface area contributed by atoms with Crippen LogP contribution in [0.15, 0.2) is 46.2 Å². The lowest BCUT2D eigenvalue weighted by Gasteiger charge is -2.13. The first kappa shape index (κ1) is 12.2. The maximum Gasteiger partial charge on any atom is 0.255 e. The lowest BCUT2D eigenvalue weighted by Crippen LogP contribution is -2.14. The Balaban J connectivity index is 1.97. The second-order valence-electron chi connectivity index (χ2n) is 3.91. The minimum Gasteiger partial charge on any atom is -0.440 e. The third-order valence-corrected chi connectivity index (χ3v) is 3.56. The number of nitrogens with two attached hydrogens (primary N) is 1. The molecule has 0 radical (unpaired) electrons. The van der Waals surface area contributed by atoms with E-state index in [2.05, 4.69) is 17.1 Å². The summed E-state index contributed by atoms with van der Waals surface area (Å²) in [7, 11) is 0. The van der Waals surface area contributed by atoms with Gasteiger partial charge in [-0.25, -0.2) is 4.98 Å². The van der Waals surface area contributed by atoms with Gasteiger partial charge in [-0.1, -0.05) is 42.1 Å². The van der Waals surface area contributed by atoms with Crippen LogP contribution in [0.3, 0.4) is 0 Å². The summed E-state index contributed by atoms with van der Waals surface area (Å²) in [5.41, 5.74) is 7.99. The molecule has 4 heteroatoms. The molecule has 2 rings (SSSR count). The number of hydrogen-bond acceptors (Lipinski definition) is 4. The van der Waals surface area contributed by atoms with Crippen LogP contribution in [0.4, 0.5) is 0 Å². The van der Waals surface area contributed by atoms with Crippen LogP contribution in [0, 0.1) is 6.92 Å². The highest BCUT2D eigenvalue weighted by molar-refractivity contribution is 7.99. The Morgan fingerprint density at radius 1 is 1.35 bits per heavy atom. The summed E-state index contributed by atoms with van der Waals surface area (Å²) in [5.74, 6) is 1.23. The SMILES string of the molecule is Cc1coc(SCC(CN)c2ccccc2)n1. The molecule has 0 aliphatic heterocycles. The molecule has 3 nitrogen and oxygen atoms in total. The topological polar surface area (TPSA) is 52.0 Å². The lowest BCUT2D eigenvalue weighted by molar-refractivity contribution is 0.453. The molecule has 0 saturated carbocycles. The fourth-order valence-corrected chi connectivity index (χ4v) is 2.59. The molecule has 2 aromatic rings. The van der Waals surface area contributed by atoms with Gasteiger partial charge in [0.15, 0.2) is 0 Å². The zero-order valence-electron chi connectivity index (χ0n) is 9.80. The highest BCUT2D eigenvalue weighted by atomic mass is 32.2. The molecule has 0 aliphatic carbocycles. The van der Waals surface area contributed by atoms with Crippen LogP contribution in [0.2, 0.25) is 0 Å². The van der Waals surface area contributed by atoms with Crippen molar-refractivity contribution < 1.29 is 4.42 Å².